The van der Waals surface area contributed by atoms with Crippen LogP contribution in [0.2, 0.25) is 0 Å². The third-order valence-corrected chi connectivity index (χ3v) is 10.2. The van der Waals surface area contributed by atoms with Crippen LogP contribution < -0.4 is 14.8 Å². The summed E-state index contributed by atoms with van der Waals surface area (Å²) >= 11 is 0. The number of pyridine rings is 1. The first-order valence-corrected chi connectivity index (χ1v) is 17.3. The molecule has 1 aromatic heterocycles. The monoisotopic (exact) mass is 622 g/mol. The van der Waals surface area contributed by atoms with Crippen LogP contribution in [0.5, 0.6) is 11.5 Å². The van der Waals surface area contributed by atoms with Crippen molar-refractivity contribution < 1.29 is 19.1 Å². The lowest BCUT2D eigenvalue weighted by molar-refractivity contribution is -0.143. The van der Waals surface area contributed by atoms with Gasteiger partial charge in [0.15, 0.2) is 0 Å². The van der Waals surface area contributed by atoms with Gasteiger partial charge in [-0.3, -0.25) is 14.5 Å². The highest BCUT2D eigenvalue weighted by Crippen LogP contribution is 2.36. The SMILES string of the molecule is COc1ccc2c(OC3CC4C(=O)NC5CC5C=CCCCCCC(N5CCCCC5)C(=O)N4C3)cc(-c3ccccc3)nc2c1. The van der Waals surface area contributed by atoms with Gasteiger partial charge in [-0.25, -0.2) is 4.98 Å². The average Bonchev–Trinajstić information content (AvgIpc) is 3.69. The number of piperidine rings is 1. The quantitative estimate of drug-likeness (QED) is 0.345. The van der Waals surface area contributed by atoms with Gasteiger partial charge in [-0.2, -0.15) is 0 Å². The Morgan fingerprint density at radius 2 is 1.72 bits per heavy atom. The number of methoxy groups -OCH3 is 1. The standard InChI is InChI=1S/C38H46N4O4/c1-45-28-17-18-30-33(22-28)39-32(26-13-8-5-9-14-26)24-36(30)46-29-23-35-37(43)40-31-21-27(31)15-7-3-2-4-10-16-34(38(44)42(35)25-29)41-19-11-6-12-20-41/h5,7-9,13-15,17-18,22,24,27,29,31,34-35H,2-4,6,10-12,16,19-21,23,25H2,1H3,(H,40,43). The summed E-state index contributed by atoms with van der Waals surface area (Å²) < 4.78 is 12.3. The highest BCUT2D eigenvalue weighted by atomic mass is 16.5. The maximum atomic E-state index is 14.5. The minimum atomic E-state index is -0.554. The highest BCUT2D eigenvalue weighted by molar-refractivity contribution is 5.91. The number of fused-ring (bicyclic) bond motifs is 3. The second-order valence-corrected chi connectivity index (χ2v) is 13.4. The molecule has 3 fully saturated rings. The zero-order valence-electron chi connectivity index (χ0n) is 26.9. The van der Waals surface area contributed by atoms with Crippen molar-refractivity contribution in [2.75, 3.05) is 26.7 Å². The van der Waals surface area contributed by atoms with Crippen LogP contribution in [-0.4, -0.2) is 77.6 Å². The van der Waals surface area contributed by atoms with Gasteiger partial charge >= 0.3 is 0 Å². The van der Waals surface area contributed by atoms with E-state index in [2.05, 4.69) is 22.4 Å². The van der Waals surface area contributed by atoms with Gasteiger partial charge in [-0.05, 0) is 69.7 Å². The molecule has 8 nitrogen and oxygen atoms in total. The van der Waals surface area contributed by atoms with Gasteiger partial charge < -0.3 is 19.7 Å². The first-order chi connectivity index (χ1) is 22.6. The normalized spacial score (nSPS) is 27.7. The van der Waals surface area contributed by atoms with Gasteiger partial charge in [0.1, 0.15) is 23.6 Å². The fraction of sp³-hybridized carbons (Fsp3) is 0.500. The molecule has 5 atom stereocenters. The molecule has 2 saturated heterocycles. The van der Waals surface area contributed by atoms with Crippen LogP contribution in [0.15, 0.2) is 66.7 Å². The molecule has 5 unspecified atom stereocenters. The lowest BCUT2D eigenvalue weighted by atomic mass is 10.0. The first-order valence-electron chi connectivity index (χ1n) is 17.3. The van der Waals surface area contributed by atoms with E-state index in [1.54, 1.807) is 7.11 Å². The van der Waals surface area contributed by atoms with Crippen molar-refractivity contribution >= 4 is 22.7 Å². The lowest BCUT2D eigenvalue weighted by Gasteiger charge is -2.37. The number of aromatic nitrogens is 1. The number of carbonyl (C=O) groups excluding carboxylic acids is 2. The van der Waals surface area contributed by atoms with E-state index in [0.717, 1.165) is 92.4 Å². The molecular formula is C38H46N4O4. The predicted molar refractivity (Wildman–Crippen MR) is 180 cm³/mol. The molecule has 3 aliphatic heterocycles. The van der Waals surface area contributed by atoms with Gasteiger partial charge in [0.2, 0.25) is 11.8 Å². The van der Waals surface area contributed by atoms with E-state index < -0.39 is 6.04 Å². The Hall–Kier alpha value is -3.91. The number of benzene rings is 2. The number of allylic oxidation sites excluding steroid dienone is 1. The molecule has 7 rings (SSSR count). The number of likely N-dealkylation sites (tertiary alicyclic amines) is 1. The molecule has 242 valence electrons. The minimum Gasteiger partial charge on any atom is -0.497 e. The van der Waals surface area contributed by atoms with Crippen LogP contribution in [0.3, 0.4) is 0 Å². The van der Waals surface area contributed by atoms with Crippen molar-refractivity contribution in [3.63, 3.8) is 0 Å². The van der Waals surface area contributed by atoms with E-state index in [1.807, 2.05) is 59.5 Å². The van der Waals surface area contributed by atoms with Gasteiger partial charge in [0.25, 0.3) is 0 Å². The van der Waals surface area contributed by atoms with E-state index in [4.69, 9.17) is 14.5 Å². The number of ether oxygens (including phenoxy) is 2. The van der Waals surface area contributed by atoms with Crippen molar-refractivity contribution in [3.8, 4) is 22.8 Å². The Labute approximate surface area is 272 Å². The van der Waals surface area contributed by atoms with E-state index in [9.17, 15) is 9.59 Å². The summed E-state index contributed by atoms with van der Waals surface area (Å²) in [5.74, 6) is 1.85. The van der Waals surface area contributed by atoms with Crippen LogP contribution in [-0.2, 0) is 9.59 Å². The fourth-order valence-electron chi connectivity index (χ4n) is 7.52. The second-order valence-electron chi connectivity index (χ2n) is 13.4. The molecule has 4 aliphatic rings. The average molecular weight is 623 g/mol. The summed E-state index contributed by atoms with van der Waals surface area (Å²) in [7, 11) is 1.65. The molecule has 46 heavy (non-hydrogen) atoms. The van der Waals surface area contributed by atoms with Gasteiger partial charge in [0.05, 0.1) is 30.9 Å². The molecule has 1 saturated carbocycles. The van der Waals surface area contributed by atoms with Crippen molar-refractivity contribution in [3.05, 3.63) is 66.7 Å². The number of carbonyl (C=O) groups is 2. The van der Waals surface area contributed by atoms with Crippen molar-refractivity contribution in [2.24, 2.45) is 5.92 Å². The first kappa shape index (κ1) is 30.7. The van der Waals surface area contributed by atoms with Gasteiger partial charge in [-0.15, -0.1) is 0 Å². The molecule has 0 spiro atoms. The van der Waals surface area contributed by atoms with Gasteiger partial charge in [0, 0.05) is 35.5 Å². The van der Waals surface area contributed by atoms with Gasteiger partial charge in [-0.1, -0.05) is 61.7 Å². The van der Waals surface area contributed by atoms with E-state index in [-0.39, 0.29) is 30.0 Å². The molecule has 0 bridgehead atoms. The smallest absolute Gasteiger partial charge is 0.243 e. The van der Waals surface area contributed by atoms with Crippen LogP contribution in [0.25, 0.3) is 22.2 Å². The molecule has 1 N–H and O–H groups in total. The predicted octanol–water partition coefficient (Wildman–Crippen LogP) is 6.14. The number of amides is 2. The largest absolute Gasteiger partial charge is 0.497 e. The second kappa shape index (κ2) is 13.8. The summed E-state index contributed by atoms with van der Waals surface area (Å²) in [6, 6.07) is 17.3. The Bertz CT molecular complexity index is 1570. The number of hydrogen-bond donors (Lipinski definition) is 1. The van der Waals surface area contributed by atoms with Crippen LogP contribution in [0.1, 0.15) is 64.2 Å². The molecule has 2 aromatic carbocycles. The highest BCUT2D eigenvalue weighted by Gasteiger charge is 2.46. The van der Waals surface area contributed by atoms with Crippen LogP contribution in [0.4, 0.5) is 0 Å². The number of nitrogens with zero attached hydrogens (tertiary/aromatic N) is 3. The Balaban J connectivity index is 1.20. The molecule has 8 heteroatoms. The summed E-state index contributed by atoms with van der Waals surface area (Å²) in [4.78, 5) is 37.6. The van der Waals surface area contributed by atoms with Crippen molar-refractivity contribution in [1.29, 1.82) is 0 Å². The lowest BCUT2D eigenvalue weighted by Crippen LogP contribution is -2.54. The number of nitrogens with one attached hydrogen (secondary N) is 1. The molecule has 4 heterocycles. The Kier molecular flexibility index (Phi) is 9.24. The number of rotatable bonds is 5. The fourth-order valence-corrected chi connectivity index (χ4v) is 7.52. The molecule has 3 aromatic rings. The topological polar surface area (TPSA) is 84.0 Å². The molecule has 1 aliphatic carbocycles. The minimum absolute atomic E-state index is 0.0538. The molecular weight excluding hydrogens is 576 g/mol. The summed E-state index contributed by atoms with van der Waals surface area (Å²) in [5.41, 5.74) is 2.56. The van der Waals surface area contributed by atoms with E-state index in [0.29, 0.717) is 24.6 Å². The van der Waals surface area contributed by atoms with Crippen molar-refractivity contribution in [1.82, 2.24) is 20.1 Å². The zero-order chi connectivity index (χ0) is 31.5. The third kappa shape index (κ3) is 6.77. The van der Waals surface area contributed by atoms with Crippen molar-refractivity contribution in [2.45, 2.75) is 88.4 Å². The molecule has 2 amide bonds. The molecule has 0 radical (unpaired) electrons. The van der Waals surface area contributed by atoms with E-state index >= 15 is 0 Å². The Morgan fingerprint density at radius 3 is 2.54 bits per heavy atom. The maximum absolute atomic E-state index is 14.5. The number of hydrogen-bond acceptors (Lipinski definition) is 6. The van der Waals surface area contributed by atoms with Crippen LogP contribution >= 0.6 is 0 Å². The zero-order valence-corrected chi connectivity index (χ0v) is 26.9. The van der Waals surface area contributed by atoms with E-state index in [1.165, 1.54) is 6.42 Å². The Morgan fingerprint density at radius 1 is 0.891 bits per heavy atom. The maximum Gasteiger partial charge on any atom is 0.243 e. The summed E-state index contributed by atoms with van der Waals surface area (Å²) in [6.07, 6.45) is 14.3. The third-order valence-electron chi connectivity index (χ3n) is 10.2. The van der Waals surface area contributed by atoms with Crippen LogP contribution in [0, 0.1) is 5.92 Å². The summed E-state index contributed by atoms with van der Waals surface area (Å²) in [6.45, 7) is 2.28. The summed E-state index contributed by atoms with van der Waals surface area (Å²) in [5, 5.41) is 4.16.